The minimum Gasteiger partial charge on any atom is -0.493 e. The Labute approximate surface area is 256 Å². The van der Waals surface area contributed by atoms with Gasteiger partial charge in [0.25, 0.3) is 0 Å². The van der Waals surface area contributed by atoms with E-state index >= 15 is 4.39 Å². The topological polar surface area (TPSA) is 131 Å². The summed E-state index contributed by atoms with van der Waals surface area (Å²) in [6.45, 7) is -0.130. The molecule has 3 aromatic carbocycles. The van der Waals surface area contributed by atoms with Gasteiger partial charge in [0.05, 0.1) is 25.4 Å². The van der Waals surface area contributed by atoms with Crippen molar-refractivity contribution in [2.24, 2.45) is 5.92 Å². The van der Waals surface area contributed by atoms with Crippen LogP contribution in [0, 0.1) is 17.6 Å². The Morgan fingerprint density at radius 3 is 2.38 bits per heavy atom. The second-order valence-electron chi connectivity index (χ2n) is 10.1. The number of rotatable bonds is 11. The van der Waals surface area contributed by atoms with Gasteiger partial charge >= 0.3 is 6.03 Å². The van der Waals surface area contributed by atoms with Crippen molar-refractivity contribution in [3.63, 3.8) is 0 Å². The summed E-state index contributed by atoms with van der Waals surface area (Å²) in [5.41, 5.74) is 0.689. The zero-order valence-corrected chi connectivity index (χ0v) is 24.5. The maximum absolute atomic E-state index is 15.3. The molecule has 0 bridgehead atoms. The van der Waals surface area contributed by atoms with Crippen LogP contribution in [0.4, 0.5) is 25.0 Å². The van der Waals surface area contributed by atoms with Gasteiger partial charge < -0.3 is 29.5 Å². The van der Waals surface area contributed by atoms with Crippen molar-refractivity contribution in [2.75, 3.05) is 44.1 Å². The quantitative estimate of drug-likeness (QED) is 0.175. The lowest BCUT2D eigenvalue weighted by Gasteiger charge is -2.38. The predicted octanol–water partition coefficient (Wildman–Crippen LogP) is 5.12. The van der Waals surface area contributed by atoms with Gasteiger partial charge in [-0.2, -0.15) is 0 Å². The number of amides is 4. The number of nitrogens with one attached hydrogen (secondary N) is 1. The Balaban J connectivity index is 1.36. The molecule has 4 aromatic rings. The van der Waals surface area contributed by atoms with Crippen molar-refractivity contribution >= 4 is 40.1 Å². The van der Waals surface area contributed by atoms with E-state index < -0.39 is 35.4 Å². The summed E-state index contributed by atoms with van der Waals surface area (Å²) in [5.74, 6) is -3.18. The molecule has 0 saturated carbocycles. The number of ether oxygens (including phenoxy) is 3. The van der Waals surface area contributed by atoms with E-state index in [4.69, 9.17) is 19.3 Å². The number of aliphatic hydroxyl groups excluding tert-OH is 1. The number of imide groups is 1. The highest BCUT2D eigenvalue weighted by atomic mass is 19.1. The molecule has 11 nitrogen and oxygen atoms in total. The molecule has 2 N–H and O–H groups in total. The van der Waals surface area contributed by atoms with Crippen molar-refractivity contribution in [3.05, 3.63) is 78.5 Å². The number of benzene rings is 3. The summed E-state index contributed by atoms with van der Waals surface area (Å²) in [5, 5.41) is 12.3. The zero-order chi connectivity index (χ0) is 32.1. The molecule has 0 aliphatic carbocycles. The van der Waals surface area contributed by atoms with Crippen LogP contribution in [0.3, 0.4) is 0 Å². The number of halogens is 2. The lowest BCUT2D eigenvalue weighted by Crippen LogP contribution is -2.59. The normalized spacial score (nSPS) is 14.9. The number of urea groups is 1. The maximum atomic E-state index is 15.3. The van der Waals surface area contributed by atoms with Gasteiger partial charge in [-0.15, -0.1) is 0 Å². The summed E-state index contributed by atoms with van der Waals surface area (Å²) < 4.78 is 45.3. The van der Waals surface area contributed by atoms with Crippen LogP contribution in [0.25, 0.3) is 10.9 Å². The van der Waals surface area contributed by atoms with Crippen LogP contribution < -0.4 is 24.4 Å². The first-order valence-corrected chi connectivity index (χ1v) is 14.0. The minimum absolute atomic E-state index is 0.0562. The number of unbranched alkanes of at least 4 members (excludes halogenated alkanes) is 1. The van der Waals surface area contributed by atoms with Gasteiger partial charge in [0.15, 0.2) is 23.1 Å². The number of methoxy groups -OCH3 is 2. The smallest absolute Gasteiger partial charge is 0.331 e. The molecule has 1 aromatic heterocycles. The molecule has 0 radical (unpaired) electrons. The maximum Gasteiger partial charge on any atom is 0.331 e. The van der Waals surface area contributed by atoms with Gasteiger partial charge in [-0.1, -0.05) is 0 Å². The molecule has 1 aliphatic heterocycles. The Morgan fingerprint density at radius 1 is 0.956 bits per heavy atom. The Kier molecular flexibility index (Phi) is 9.38. The summed E-state index contributed by atoms with van der Waals surface area (Å²) in [7, 11) is 2.99. The van der Waals surface area contributed by atoms with E-state index in [1.165, 1.54) is 49.6 Å². The SMILES string of the molecule is COc1cc2nccc(Oc3ccc(NC(=O)C4CN(CCCCO)C(=O)N(c5ccc(F)cc5)C4=O)cc3F)c2cc1OC. The third-order valence-corrected chi connectivity index (χ3v) is 7.25. The van der Waals surface area contributed by atoms with Gasteiger partial charge in [-0.3, -0.25) is 14.6 Å². The van der Waals surface area contributed by atoms with E-state index in [0.29, 0.717) is 41.0 Å². The highest BCUT2D eigenvalue weighted by Gasteiger charge is 2.43. The summed E-state index contributed by atoms with van der Waals surface area (Å²) >= 11 is 0. The number of hydrogen-bond donors (Lipinski definition) is 2. The van der Waals surface area contributed by atoms with Gasteiger partial charge in [0.1, 0.15) is 17.5 Å². The molecule has 1 saturated heterocycles. The van der Waals surface area contributed by atoms with Gasteiger partial charge in [-0.25, -0.2) is 18.5 Å². The van der Waals surface area contributed by atoms with E-state index in [2.05, 4.69) is 10.3 Å². The minimum atomic E-state index is -1.34. The first-order valence-electron chi connectivity index (χ1n) is 14.0. The monoisotopic (exact) mass is 620 g/mol. The number of aromatic nitrogens is 1. The second kappa shape index (κ2) is 13.6. The van der Waals surface area contributed by atoms with Crippen molar-refractivity contribution in [2.45, 2.75) is 12.8 Å². The van der Waals surface area contributed by atoms with E-state index in [9.17, 15) is 18.8 Å². The standard InChI is InChI=1S/C32H30F2N4O7/c1-43-28-16-22-25(17-29(28)44-2)35-12-11-26(22)45-27-10-7-20(15-24(27)34)36-30(40)23-18-37(13-3-4-14-39)32(42)38(31(23)41)21-8-5-19(33)6-9-21/h5-12,15-17,23,39H,3-4,13-14,18H2,1-2H3,(H,36,40). The molecule has 0 spiro atoms. The lowest BCUT2D eigenvalue weighted by molar-refractivity contribution is -0.132. The molecular weight excluding hydrogens is 590 g/mol. The van der Waals surface area contributed by atoms with E-state index in [1.54, 1.807) is 18.2 Å². The first-order chi connectivity index (χ1) is 21.7. The van der Waals surface area contributed by atoms with Crippen LogP contribution in [-0.4, -0.2) is 66.8 Å². The molecule has 1 atom stereocenters. The van der Waals surface area contributed by atoms with Crippen LogP contribution in [0.15, 0.2) is 66.9 Å². The highest BCUT2D eigenvalue weighted by molar-refractivity contribution is 6.23. The number of hydrogen-bond acceptors (Lipinski definition) is 8. The fourth-order valence-corrected chi connectivity index (χ4v) is 4.94. The highest BCUT2D eigenvalue weighted by Crippen LogP contribution is 2.37. The van der Waals surface area contributed by atoms with E-state index in [0.717, 1.165) is 23.1 Å². The average molecular weight is 621 g/mol. The van der Waals surface area contributed by atoms with Crippen molar-refractivity contribution in [1.82, 2.24) is 9.88 Å². The van der Waals surface area contributed by atoms with Crippen LogP contribution in [0.1, 0.15) is 12.8 Å². The molecule has 5 rings (SSSR count). The van der Waals surface area contributed by atoms with Crippen molar-refractivity contribution < 1.29 is 42.5 Å². The van der Waals surface area contributed by atoms with Crippen molar-refractivity contribution in [1.29, 1.82) is 0 Å². The van der Waals surface area contributed by atoms with Gasteiger partial charge in [0.2, 0.25) is 11.8 Å². The average Bonchev–Trinajstić information content (AvgIpc) is 3.03. The molecule has 234 valence electrons. The molecule has 4 amide bonds. The third kappa shape index (κ3) is 6.63. The summed E-state index contributed by atoms with van der Waals surface area (Å²) in [6, 6.07) is 12.8. The molecule has 1 fully saturated rings. The Hall–Kier alpha value is -5.30. The van der Waals surface area contributed by atoms with Gasteiger partial charge in [0, 0.05) is 49.1 Å². The van der Waals surface area contributed by atoms with Crippen LogP contribution in [-0.2, 0) is 9.59 Å². The molecule has 45 heavy (non-hydrogen) atoms. The number of carbonyl (C=O) groups excluding carboxylic acids is 3. The van der Waals surface area contributed by atoms with Gasteiger partial charge in [-0.05, 0) is 61.4 Å². The molecule has 1 aliphatic rings. The molecule has 2 heterocycles. The summed E-state index contributed by atoms with van der Waals surface area (Å²) in [6.07, 6.45) is 2.35. The van der Waals surface area contributed by atoms with E-state index in [1.807, 2.05) is 0 Å². The number of anilines is 2. The zero-order valence-electron chi connectivity index (χ0n) is 24.5. The molecular formula is C32H30F2N4O7. The predicted molar refractivity (Wildman–Crippen MR) is 161 cm³/mol. The fraction of sp³-hybridized carbons (Fsp3) is 0.250. The fourth-order valence-electron chi connectivity index (χ4n) is 4.94. The number of carbonyl (C=O) groups is 3. The number of aliphatic hydroxyl groups is 1. The van der Waals surface area contributed by atoms with Crippen molar-refractivity contribution in [3.8, 4) is 23.0 Å². The molecule has 13 heteroatoms. The lowest BCUT2D eigenvalue weighted by atomic mass is 10.0. The Bertz CT molecular complexity index is 1740. The second-order valence-corrected chi connectivity index (χ2v) is 10.1. The molecule has 1 unspecified atom stereocenters. The first kappa shape index (κ1) is 31.1. The largest absolute Gasteiger partial charge is 0.493 e. The number of fused-ring (bicyclic) bond motifs is 1. The van der Waals surface area contributed by atoms with Crippen LogP contribution in [0.5, 0.6) is 23.0 Å². The summed E-state index contributed by atoms with van der Waals surface area (Å²) in [4.78, 5) is 46.4. The van der Waals surface area contributed by atoms with Crippen LogP contribution in [0.2, 0.25) is 0 Å². The number of nitrogens with zero attached hydrogens (tertiary/aromatic N) is 3. The number of pyridine rings is 1. The third-order valence-electron chi connectivity index (χ3n) is 7.25. The van der Waals surface area contributed by atoms with Crippen LogP contribution >= 0.6 is 0 Å². The van der Waals surface area contributed by atoms with E-state index in [-0.39, 0.29) is 36.8 Å². The Morgan fingerprint density at radius 2 is 1.69 bits per heavy atom.